The maximum absolute atomic E-state index is 12.8. The Labute approximate surface area is 191 Å². The molecule has 1 amide bonds. The molecule has 1 aromatic heterocycles. The van der Waals surface area contributed by atoms with Gasteiger partial charge in [0.1, 0.15) is 0 Å². The predicted molar refractivity (Wildman–Crippen MR) is 118 cm³/mol. The number of carbonyl (C=O) groups excluding carboxylic acids is 2. The Morgan fingerprint density at radius 3 is 2.64 bits per heavy atom. The number of hydrogen-bond donors (Lipinski definition) is 1. The quantitative estimate of drug-likeness (QED) is 0.552. The fourth-order valence-corrected chi connectivity index (χ4v) is 4.57. The molecular formula is C21H26N4O7S. The lowest BCUT2D eigenvalue weighted by molar-refractivity contribution is -0.123. The number of anilines is 1. The van der Waals surface area contributed by atoms with Crippen molar-refractivity contribution >= 4 is 27.6 Å². The lowest BCUT2D eigenvalue weighted by Gasteiger charge is -2.26. The van der Waals surface area contributed by atoms with Gasteiger partial charge in [-0.05, 0) is 37.6 Å². The number of morpholine rings is 1. The highest BCUT2D eigenvalue weighted by Crippen LogP contribution is 2.21. The van der Waals surface area contributed by atoms with Gasteiger partial charge >= 0.3 is 5.97 Å². The van der Waals surface area contributed by atoms with E-state index in [4.69, 9.17) is 9.47 Å². The molecule has 2 heterocycles. The monoisotopic (exact) mass is 478 g/mol. The summed E-state index contributed by atoms with van der Waals surface area (Å²) in [5.74, 6) is -1.50. The van der Waals surface area contributed by atoms with Crippen LogP contribution >= 0.6 is 0 Å². The van der Waals surface area contributed by atoms with Crippen molar-refractivity contribution in [3.63, 3.8) is 0 Å². The summed E-state index contributed by atoms with van der Waals surface area (Å²) >= 11 is 0. The average Bonchev–Trinajstić information content (AvgIpc) is 2.81. The first-order valence-corrected chi connectivity index (χ1v) is 11.9. The van der Waals surface area contributed by atoms with Crippen molar-refractivity contribution in [2.75, 3.05) is 31.6 Å². The topological polar surface area (TPSA) is 137 Å². The highest BCUT2D eigenvalue weighted by Gasteiger charge is 2.27. The fraction of sp³-hybridized carbons (Fsp3) is 0.429. The molecule has 0 saturated carbocycles. The molecule has 1 aliphatic heterocycles. The van der Waals surface area contributed by atoms with E-state index in [2.05, 4.69) is 10.4 Å². The zero-order valence-electron chi connectivity index (χ0n) is 18.4. The molecule has 33 heavy (non-hydrogen) atoms. The van der Waals surface area contributed by atoms with Gasteiger partial charge < -0.3 is 14.8 Å². The molecule has 0 radical (unpaired) electrons. The van der Waals surface area contributed by atoms with E-state index in [9.17, 15) is 22.8 Å². The van der Waals surface area contributed by atoms with Crippen molar-refractivity contribution in [3.8, 4) is 0 Å². The first-order chi connectivity index (χ1) is 15.7. The van der Waals surface area contributed by atoms with Gasteiger partial charge in [-0.3, -0.25) is 9.59 Å². The summed E-state index contributed by atoms with van der Waals surface area (Å²) in [7, 11) is -3.73. The van der Waals surface area contributed by atoms with Crippen molar-refractivity contribution in [2.45, 2.75) is 37.8 Å². The first-order valence-electron chi connectivity index (χ1n) is 10.5. The molecule has 178 valence electrons. The van der Waals surface area contributed by atoms with Crippen molar-refractivity contribution < 1.29 is 27.5 Å². The number of rotatable bonds is 8. The van der Waals surface area contributed by atoms with Gasteiger partial charge in [0.25, 0.3) is 11.5 Å². The van der Waals surface area contributed by atoms with Crippen LogP contribution in [0.1, 0.15) is 30.8 Å². The van der Waals surface area contributed by atoms with Crippen LogP contribution in [0.25, 0.3) is 0 Å². The van der Waals surface area contributed by atoms with Gasteiger partial charge in [-0.15, -0.1) is 0 Å². The normalized spacial score (nSPS) is 15.6. The van der Waals surface area contributed by atoms with Gasteiger partial charge in [-0.1, -0.05) is 13.0 Å². The SMILES string of the molecule is CCCn1nc(C(=O)OC(C)C(=O)Nc2cccc(S(=O)(=O)N3CCOCC3)c2)ccc1=O. The van der Waals surface area contributed by atoms with Gasteiger partial charge in [0, 0.05) is 31.4 Å². The largest absolute Gasteiger partial charge is 0.448 e. The first kappa shape index (κ1) is 24.6. The molecule has 1 saturated heterocycles. The van der Waals surface area contributed by atoms with Crippen LogP contribution in [0.3, 0.4) is 0 Å². The van der Waals surface area contributed by atoms with E-state index in [1.54, 1.807) is 0 Å². The van der Waals surface area contributed by atoms with Gasteiger partial charge in [0.15, 0.2) is 11.8 Å². The summed E-state index contributed by atoms with van der Waals surface area (Å²) in [6, 6.07) is 8.29. The summed E-state index contributed by atoms with van der Waals surface area (Å²) in [6.45, 7) is 4.75. The zero-order chi connectivity index (χ0) is 24.0. The molecule has 1 fully saturated rings. The van der Waals surface area contributed by atoms with E-state index >= 15 is 0 Å². The number of ether oxygens (including phenoxy) is 2. The number of nitrogens with one attached hydrogen (secondary N) is 1. The van der Waals surface area contributed by atoms with E-state index in [0.717, 1.165) is 4.68 Å². The second kappa shape index (κ2) is 10.7. The van der Waals surface area contributed by atoms with Crippen molar-refractivity contribution in [3.05, 3.63) is 52.4 Å². The summed E-state index contributed by atoms with van der Waals surface area (Å²) in [4.78, 5) is 36.7. The number of benzene rings is 1. The van der Waals surface area contributed by atoms with Crippen LogP contribution < -0.4 is 10.9 Å². The van der Waals surface area contributed by atoms with Crippen LogP contribution in [0.15, 0.2) is 46.1 Å². The number of hydrogen-bond acceptors (Lipinski definition) is 8. The second-order valence-corrected chi connectivity index (χ2v) is 9.30. The minimum absolute atomic E-state index is 0.0363. The van der Waals surface area contributed by atoms with Crippen LogP contribution in [0.4, 0.5) is 5.69 Å². The number of amides is 1. The number of sulfonamides is 1. The summed E-state index contributed by atoms with van der Waals surface area (Å²) in [5.41, 5.74) is -0.195. The van der Waals surface area contributed by atoms with Crippen LogP contribution in [0.2, 0.25) is 0 Å². The summed E-state index contributed by atoms with van der Waals surface area (Å²) in [5, 5.41) is 6.51. The van der Waals surface area contributed by atoms with E-state index in [1.807, 2.05) is 6.92 Å². The average molecular weight is 479 g/mol. The van der Waals surface area contributed by atoms with E-state index in [-0.39, 0.29) is 34.9 Å². The van der Waals surface area contributed by atoms with Crippen molar-refractivity contribution in [1.29, 1.82) is 0 Å². The second-order valence-electron chi connectivity index (χ2n) is 7.36. The molecule has 1 atom stereocenters. The predicted octanol–water partition coefficient (Wildman–Crippen LogP) is 0.858. The minimum atomic E-state index is -3.73. The molecule has 1 aromatic carbocycles. The Bertz CT molecular complexity index is 1170. The number of esters is 1. The molecule has 0 bridgehead atoms. The molecule has 1 N–H and O–H groups in total. The molecule has 0 spiro atoms. The lowest BCUT2D eigenvalue weighted by Crippen LogP contribution is -2.40. The molecule has 11 nitrogen and oxygen atoms in total. The highest BCUT2D eigenvalue weighted by molar-refractivity contribution is 7.89. The molecule has 12 heteroatoms. The van der Waals surface area contributed by atoms with Gasteiger partial charge in [-0.2, -0.15) is 9.40 Å². The molecule has 2 aromatic rings. The van der Waals surface area contributed by atoms with Gasteiger partial charge in [0.05, 0.1) is 18.1 Å². The standard InChI is InChI=1S/C21H26N4O7S/c1-3-9-25-19(26)8-7-18(23-25)21(28)32-15(2)20(27)22-16-5-4-6-17(14-16)33(29,30)24-10-12-31-13-11-24/h4-8,14-15H,3,9-13H2,1-2H3,(H,22,27). The van der Waals surface area contributed by atoms with E-state index in [1.165, 1.54) is 47.6 Å². The Kier molecular flexibility index (Phi) is 7.95. The van der Waals surface area contributed by atoms with Crippen LogP contribution in [-0.2, 0) is 30.8 Å². The molecule has 1 unspecified atom stereocenters. The van der Waals surface area contributed by atoms with Crippen LogP contribution in [0, 0.1) is 0 Å². The number of aromatic nitrogens is 2. The number of aryl methyl sites for hydroxylation is 1. The fourth-order valence-electron chi connectivity index (χ4n) is 3.12. The molecule has 0 aliphatic carbocycles. The van der Waals surface area contributed by atoms with Crippen molar-refractivity contribution in [2.24, 2.45) is 0 Å². The Hall–Kier alpha value is -3.09. The van der Waals surface area contributed by atoms with E-state index in [0.29, 0.717) is 26.2 Å². The third-order valence-corrected chi connectivity index (χ3v) is 6.77. The van der Waals surface area contributed by atoms with Gasteiger partial charge in [0.2, 0.25) is 10.0 Å². The maximum Gasteiger partial charge on any atom is 0.359 e. The number of carbonyl (C=O) groups is 2. The lowest BCUT2D eigenvalue weighted by atomic mass is 10.3. The zero-order valence-corrected chi connectivity index (χ0v) is 19.2. The third kappa shape index (κ3) is 6.03. The molecule has 3 rings (SSSR count). The Morgan fingerprint density at radius 1 is 1.21 bits per heavy atom. The summed E-state index contributed by atoms with van der Waals surface area (Å²) < 4.78 is 38.5. The van der Waals surface area contributed by atoms with Crippen molar-refractivity contribution in [1.82, 2.24) is 14.1 Å². The third-order valence-electron chi connectivity index (χ3n) is 4.87. The highest BCUT2D eigenvalue weighted by atomic mass is 32.2. The Balaban J connectivity index is 1.66. The van der Waals surface area contributed by atoms with Gasteiger partial charge in [-0.25, -0.2) is 17.9 Å². The number of nitrogens with zero attached hydrogens (tertiary/aromatic N) is 3. The summed E-state index contributed by atoms with van der Waals surface area (Å²) in [6.07, 6.45) is -0.532. The molecule has 1 aliphatic rings. The van der Waals surface area contributed by atoms with E-state index < -0.39 is 28.0 Å². The van der Waals surface area contributed by atoms with Crippen LogP contribution in [0.5, 0.6) is 0 Å². The molecular weight excluding hydrogens is 452 g/mol. The Morgan fingerprint density at radius 2 is 1.94 bits per heavy atom. The smallest absolute Gasteiger partial charge is 0.359 e. The van der Waals surface area contributed by atoms with Crippen LogP contribution in [-0.4, -0.2) is 66.8 Å². The minimum Gasteiger partial charge on any atom is -0.448 e. The maximum atomic E-state index is 12.8.